The summed E-state index contributed by atoms with van der Waals surface area (Å²) in [6.45, 7) is 1.32. The summed E-state index contributed by atoms with van der Waals surface area (Å²) in [7, 11) is 0. The van der Waals surface area contributed by atoms with E-state index in [-0.39, 0.29) is 31.0 Å². The number of nitrogens with two attached hydrogens (primary N) is 2. The second-order valence-corrected chi connectivity index (χ2v) is 8.34. The van der Waals surface area contributed by atoms with Crippen LogP contribution in [0.3, 0.4) is 0 Å². The van der Waals surface area contributed by atoms with E-state index in [1.165, 1.54) is 17.0 Å². The quantitative estimate of drug-likeness (QED) is 0.0705. The summed E-state index contributed by atoms with van der Waals surface area (Å²) in [5.41, 5.74) is 10.8. The molecule has 1 heterocycles. The molecule has 15 heteroatoms. The van der Waals surface area contributed by atoms with Crippen LogP contribution in [0, 0.1) is 0 Å². The fraction of sp³-hybridized carbons (Fsp3) is 0.435. The zero-order valence-electron chi connectivity index (χ0n) is 21.7. The van der Waals surface area contributed by atoms with E-state index in [2.05, 4.69) is 20.7 Å². The number of hydrogen-bond donors (Lipinski definition) is 6. The van der Waals surface area contributed by atoms with Crippen LogP contribution in [-0.4, -0.2) is 93.4 Å². The normalized spacial score (nSPS) is 16.8. The summed E-state index contributed by atoms with van der Waals surface area (Å²) in [4.78, 5) is 80.7. The molecule has 1 unspecified atom stereocenters. The first kappa shape index (κ1) is 27.9. The lowest BCUT2D eigenvalue weighted by Gasteiger charge is -2.22. The molecule has 1 aliphatic rings. The van der Waals surface area contributed by atoms with Crippen LogP contribution in [0.25, 0.3) is 1.43 Å². The Morgan fingerprint density at radius 1 is 1.16 bits per heavy atom. The number of likely N-dealkylation sites (N-methyl/N-ethyl adjacent to an activating group) is 1. The maximum atomic E-state index is 12.9. The minimum Gasteiger partial charge on any atom is -0.481 e. The lowest BCUT2D eigenvalue weighted by atomic mass is 10.1. The molecule has 0 aromatic heterocycles. The molecule has 0 aliphatic carbocycles. The standard InChI is InChI=1S/C23H31N7O8/c1-2-29-15(9-6-10-26-22(24)25)20(35)30(23(29)38)12-16(31)27-14(11-17(32)33)19(34)28-18(21(36)37)13-7-4-3-5-8-13/h3-5,7-8,14-15,18H,2,6,9-12H2,1H3,(H,27,31)(H,28,34)(H,32,33)(H,36,37)(H4,24,25,26)/t14-,15-,18?/m0/s1/i/hD. The highest BCUT2D eigenvalue weighted by molar-refractivity contribution is 6.06. The Balaban J connectivity index is 2.13. The minimum atomic E-state index is -1.66. The molecule has 15 nitrogen and oxygen atoms in total. The highest BCUT2D eigenvalue weighted by Crippen LogP contribution is 2.21. The zero-order chi connectivity index (χ0) is 29.1. The summed E-state index contributed by atoms with van der Waals surface area (Å²) < 4.78 is 6.75. The van der Waals surface area contributed by atoms with Gasteiger partial charge in [0.1, 0.15) is 18.6 Å². The Bertz CT molecular complexity index is 1110. The topological polar surface area (TPSA) is 238 Å². The van der Waals surface area contributed by atoms with E-state index in [4.69, 9.17) is 12.9 Å². The number of nitrogens with one attached hydrogen (secondary N) is 2. The fourth-order valence-electron chi connectivity index (χ4n) is 3.90. The van der Waals surface area contributed by atoms with Crippen molar-refractivity contribution in [3.05, 3.63) is 35.9 Å². The van der Waals surface area contributed by atoms with Gasteiger partial charge in [0.05, 0.1) is 6.42 Å². The van der Waals surface area contributed by atoms with Crippen molar-refractivity contribution >= 4 is 41.7 Å². The first-order chi connectivity index (χ1) is 18.5. The maximum Gasteiger partial charge on any atom is 0.330 e. The fourth-order valence-corrected chi connectivity index (χ4v) is 3.90. The molecule has 1 saturated heterocycles. The van der Waals surface area contributed by atoms with Crippen LogP contribution in [0.1, 0.15) is 37.8 Å². The van der Waals surface area contributed by atoms with Crippen molar-refractivity contribution in [3.63, 3.8) is 0 Å². The molecule has 0 radical (unpaired) electrons. The molecule has 1 aromatic carbocycles. The largest absolute Gasteiger partial charge is 0.481 e. The van der Waals surface area contributed by atoms with Crippen molar-refractivity contribution in [1.82, 2.24) is 20.4 Å². The number of carbonyl (C=O) groups is 6. The average Bonchev–Trinajstić information content (AvgIpc) is 3.12. The molecule has 1 aliphatic heterocycles. The number of aliphatic carboxylic acids is 2. The van der Waals surface area contributed by atoms with Crippen molar-refractivity contribution in [2.24, 2.45) is 16.5 Å². The van der Waals surface area contributed by atoms with Crippen molar-refractivity contribution in [3.8, 4) is 0 Å². The molecule has 0 bridgehead atoms. The number of amides is 5. The van der Waals surface area contributed by atoms with Crippen LogP contribution in [0.15, 0.2) is 35.3 Å². The van der Waals surface area contributed by atoms with Crippen molar-refractivity contribution in [2.75, 3.05) is 19.6 Å². The summed E-state index contributed by atoms with van der Waals surface area (Å²) in [6, 6.07) is 2.96. The third kappa shape index (κ3) is 7.91. The van der Waals surface area contributed by atoms with Gasteiger partial charge in [-0.25, -0.2) is 9.59 Å². The smallest absolute Gasteiger partial charge is 0.330 e. The lowest BCUT2D eigenvalue weighted by molar-refractivity contribution is -0.143. The molecule has 0 saturated carbocycles. The van der Waals surface area contributed by atoms with Gasteiger partial charge in [0, 0.05) is 13.1 Å². The molecule has 206 valence electrons. The van der Waals surface area contributed by atoms with E-state index < -0.39 is 66.8 Å². The Morgan fingerprint density at radius 3 is 2.42 bits per heavy atom. The van der Waals surface area contributed by atoms with Gasteiger partial charge in [-0.15, -0.1) is 0 Å². The zero-order valence-corrected chi connectivity index (χ0v) is 20.7. The van der Waals surface area contributed by atoms with Crippen LogP contribution in [0.4, 0.5) is 4.79 Å². The van der Waals surface area contributed by atoms with Gasteiger partial charge in [0.15, 0.2) is 12.0 Å². The van der Waals surface area contributed by atoms with Crippen molar-refractivity contribution < 1.29 is 39.0 Å². The molecule has 1 aromatic rings. The first-order valence-electron chi connectivity index (χ1n) is 12.1. The third-order valence-electron chi connectivity index (χ3n) is 5.67. The molecule has 2 rings (SSSR count). The Kier molecular flexibility index (Phi) is 9.96. The van der Waals surface area contributed by atoms with Crippen molar-refractivity contribution in [2.45, 2.75) is 44.3 Å². The number of urea groups is 1. The number of benzene rings is 1. The summed E-state index contributed by atoms with van der Waals surface area (Å²) in [5.74, 6) is -5.37. The van der Waals surface area contributed by atoms with Gasteiger partial charge in [0.25, 0.3) is 7.34 Å². The number of rotatable bonds is 14. The van der Waals surface area contributed by atoms with E-state index in [0.717, 1.165) is 0 Å². The number of aliphatic imine (C=N–C) groups is 1. The molecule has 8 N–H and O–H groups in total. The number of guanidine groups is 1. The number of imide groups is 1. The first-order valence-corrected chi connectivity index (χ1v) is 11.7. The SMILES string of the molecule is [2H]OC(=O)C[C@H](NC(=O)CN1C(=O)[C@H](CCCN=C(N)N)N(CC)C1=O)C(=O)NC(C(=O)O)c1ccccc1. The molecule has 3 atom stereocenters. The number of hydrogen-bond acceptors (Lipinski definition) is 8. The monoisotopic (exact) mass is 534 g/mol. The summed E-state index contributed by atoms with van der Waals surface area (Å²) >= 11 is 0. The van der Waals surface area contributed by atoms with Crippen LogP contribution in [0.5, 0.6) is 0 Å². The van der Waals surface area contributed by atoms with Gasteiger partial charge in [-0.1, -0.05) is 30.3 Å². The number of carboxylic acids is 2. The Morgan fingerprint density at radius 2 is 1.84 bits per heavy atom. The van der Waals surface area contributed by atoms with Gasteiger partial charge < -0.3 is 37.2 Å². The minimum absolute atomic E-state index is 0.110. The summed E-state index contributed by atoms with van der Waals surface area (Å²) in [5, 5.41) is 17.9. The predicted molar refractivity (Wildman–Crippen MR) is 132 cm³/mol. The Labute approximate surface area is 219 Å². The lowest BCUT2D eigenvalue weighted by Crippen LogP contribution is -2.52. The van der Waals surface area contributed by atoms with Crippen LogP contribution in [0.2, 0.25) is 0 Å². The third-order valence-corrected chi connectivity index (χ3v) is 5.67. The molecule has 38 heavy (non-hydrogen) atoms. The van der Waals surface area contributed by atoms with Crippen LogP contribution in [-0.2, 0) is 24.0 Å². The molecule has 0 spiro atoms. The number of carboxylic acid groups (broad SMARTS) is 2. The van der Waals surface area contributed by atoms with E-state index in [0.29, 0.717) is 11.3 Å². The van der Waals surface area contributed by atoms with Gasteiger partial charge in [-0.3, -0.25) is 29.1 Å². The van der Waals surface area contributed by atoms with E-state index in [9.17, 15) is 33.9 Å². The molecular formula is C23H31N7O8. The van der Waals surface area contributed by atoms with Crippen molar-refractivity contribution in [1.29, 1.82) is 1.43 Å². The highest BCUT2D eigenvalue weighted by Gasteiger charge is 2.44. The second-order valence-electron chi connectivity index (χ2n) is 8.34. The highest BCUT2D eigenvalue weighted by atomic mass is 16.4. The molecular weight excluding hydrogens is 502 g/mol. The molecule has 1 fully saturated rings. The van der Waals surface area contributed by atoms with E-state index in [1.807, 2.05) is 0 Å². The second kappa shape index (κ2) is 13.6. The predicted octanol–water partition coefficient (Wildman–Crippen LogP) is -1.41. The van der Waals surface area contributed by atoms with Gasteiger partial charge >= 0.3 is 18.0 Å². The number of nitrogens with zero attached hydrogens (tertiary/aromatic N) is 3. The Hall–Kier alpha value is -4.69. The van der Waals surface area contributed by atoms with Crippen LogP contribution >= 0.6 is 0 Å². The molecule has 5 amide bonds. The number of carbonyl (C=O) groups excluding carboxylic acids is 4. The van der Waals surface area contributed by atoms with Gasteiger partial charge in [0.2, 0.25) is 11.8 Å². The maximum absolute atomic E-state index is 12.9. The van der Waals surface area contributed by atoms with Crippen LogP contribution < -0.4 is 22.1 Å². The van der Waals surface area contributed by atoms with Gasteiger partial charge in [-0.05, 0) is 25.3 Å². The summed E-state index contributed by atoms with van der Waals surface area (Å²) in [6.07, 6.45) is -0.176. The van der Waals surface area contributed by atoms with E-state index in [1.54, 1.807) is 25.1 Å². The van der Waals surface area contributed by atoms with E-state index >= 15 is 0 Å². The van der Waals surface area contributed by atoms with Gasteiger partial charge in [-0.2, -0.15) is 0 Å². The average molecular weight is 535 g/mol.